The van der Waals surface area contributed by atoms with E-state index in [0.717, 1.165) is 51.4 Å². The quantitative estimate of drug-likeness (QED) is 0.696. The molecule has 0 unspecified atom stereocenters. The Balaban J connectivity index is 1.35. The van der Waals surface area contributed by atoms with Crippen LogP contribution in [0.3, 0.4) is 0 Å². The van der Waals surface area contributed by atoms with Crippen LogP contribution < -0.4 is 0 Å². The molecule has 0 aromatic rings. The Kier molecular flexibility index (Phi) is 5.32. The smallest absolute Gasteiger partial charge is 0.229 e. The SMILES string of the molecule is O=C1CC2(CCCCC2)CC(=O)N1CCN1C(=O)CC2(CCCCC2)CC1=O. The van der Waals surface area contributed by atoms with Gasteiger partial charge in [0, 0.05) is 38.8 Å². The zero-order valence-corrected chi connectivity index (χ0v) is 16.8. The Hall–Kier alpha value is -1.72. The van der Waals surface area contributed by atoms with E-state index < -0.39 is 0 Å². The van der Waals surface area contributed by atoms with Crippen LogP contribution >= 0.6 is 0 Å². The highest BCUT2D eigenvalue weighted by Gasteiger charge is 2.46. The molecule has 154 valence electrons. The summed E-state index contributed by atoms with van der Waals surface area (Å²) in [5.41, 5.74) is -0.264. The largest absolute Gasteiger partial charge is 0.281 e. The summed E-state index contributed by atoms with van der Waals surface area (Å²) >= 11 is 0. The number of hydrogen-bond acceptors (Lipinski definition) is 4. The maximum absolute atomic E-state index is 12.7. The molecule has 2 spiro atoms. The molecule has 2 aliphatic carbocycles. The predicted molar refractivity (Wildman–Crippen MR) is 103 cm³/mol. The van der Waals surface area contributed by atoms with Crippen LogP contribution in [0, 0.1) is 10.8 Å². The molecular formula is C22H32N2O4. The maximum atomic E-state index is 12.7. The first kappa shape index (κ1) is 19.6. The molecule has 0 N–H and O–H groups in total. The number of imide groups is 2. The molecule has 0 aromatic heterocycles. The van der Waals surface area contributed by atoms with Gasteiger partial charge in [0.05, 0.1) is 0 Å². The summed E-state index contributed by atoms with van der Waals surface area (Å²) in [7, 11) is 0. The van der Waals surface area contributed by atoms with Gasteiger partial charge >= 0.3 is 0 Å². The normalized spacial score (nSPS) is 27.7. The molecule has 4 amide bonds. The summed E-state index contributed by atoms with van der Waals surface area (Å²) in [6, 6.07) is 0. The van der Waals surface area contributed by atoms with E-state index in [1.807, 2.05) is 0 Å². The molecule has 6 nitrogen and oxygen atoms in total. The predicted octanol–water partition coefficient (Wildman–Crippen LogP) is 3.19. The molecular weight excluding hydrogens is 356 g/mol. The lowest BCUT2D eigenvalue weighted by molar-refractivity contribution is -0.160. The van der Waals surface area contributed by atoms with Gasteiger partial charge in [-0.1, -0.05) is 38.5 Å². The van der Waals surface area contributed by atoms with Crippen molar-refractivity contribution < 1.29 is 19.2 Å². The molecule has 0 atom stereocenters. The molecule has 4 fully saturated rings. The molecule has 2 aliphatic heterocycles. The first-order valence-electron chi connectivity index (χ1n) is 11.1. The number of amides is 4. The van der Waals surface area contributed by atoms with Gasteiger partial charge < -0.3 is 0 Å². The molecule has 6 heteroatoms. The number of nitrogens with zero attached hydrogens (tertiary/aromatic N) is 2. The minimum Gasteiger partial charge on any atom is -0.281 e. The number of hydrogen-bond donors (Lipinski definition) is 0. The van der Waals surface area contributed by atoms with E-state index in [1.165, 1.54) is 22.6 Å². The number of carbonyl (C=O) groups excluding carboxylic acids is 4. The second-order valence-electron chi connectivity index (χ2n) is 9.71. The Bertz CT molecular complexity index is 576. The van der Waals surface area contributed by atoms with Crippen LogP contribution in [0.1, 0.15) is 89.9 Å². The summed E-state index contributed by atoms with van der Waals surface area (Å²) in [5, 5.41) is 0. The zero-order valence-electron chi connectivity index (χ0n) is 16.8. The lowest BCUT2D eigenvalue weighted by atomic mass is 9.67. The highest BCUT2D eigenvalue weighted by Crippen LogP contribution is 2.46. The van der Waals surface area contributed by atoms with Gasteiger partial charge in [-0.05, 0) is 36.5 Å². The van der Waals surface area contributed by atoms with Crippen molar-refractivity contribution in [3.05, 3.63) is 0 Å². The van der Waals surface area contributed by atoms with Crippen molar-refractivity contribution >= 4 is 23.6 Å². The molecule has 2 heterocycles. The fourth-order valence-corrected chi connectivity index (χ4v) is 6.08. The first-order valence-corrected chi connectivity index (χ1v) is 11.1. The van der Waals surface area contributed by atoms with Crippen LogP contribution in [0.5, 0.6) is 0 Å². The highest BCUT2D eigenvalue weighted by atomic mass is 16.2. The Morgan fingerprint density at radius 2 is 0.786 bits per heavy atom. The van der Waals surface area contributed by atoms with E-state index in [0.29, 0.717) is 25.7 Å². The van der Waals surface area contributed by atoms with Crippen molar-refractivity contribution in [1.82, 2.24) is 9.80 Å². The van der Waals surface area contributed by atoms with Crippen LogP contribution in [-0.2, 0) is 19.2 Å². The second kappa shape index (κ2) is 7.60. The van der Waals surface area contributed by atoms with Crippen LogP contribution in [0.15, 0.2) is 0 Å². The van der Waals surface area contributed by atoms with Gasteiger partial charge in [-0.2, -0.15) is 0 Å². The summed E-state index contributed by atoms with van der Waals surface area (Å²) < 4.78 is 0. The first-order chi connectivity index (χ1) is 13.4. The molecule has 4 rings (SSSR count). The monoisotopic (exact) mass is 388 g/mol. The van der Waals surface area contributed by atoms with E-state index in [4.69, 9.17) is 0 Å². The summed E-state index contributed by atoms with van der Waals surface area (Å²) in [6.45, 7) is 0.302. The molecule has 0 bridgehead atoms. The average molecular weight is 389 g/mol. The number of likely N-dealkylation sites (tertiary alicyclic amines) is 2. The Morgan fingerprint density at radius 3 is 1.07 bits per heavy atom. The number of rotatable bonds is 3. The third-order valence-corrected chi connectivity index (χ3v) is 7.68. The third-order valence-electron chi connectivity index (χ3n) is 7.68. The fourth-order valence-electron chi connectivity index (χ4n) is 6.08. The lowest BCUT2D eigenvalue weighted by Crippen LogP contribution is -2.54. The van der Waals surface area contributed by atoms with Gasteiger partial charge in [0.15, 0.2) is 0 Å². The van der Waals surface area contributed by atoms with Gasteiger partial charge in [-0.25, -0.2) is 0 Å². The van der Waals surface area contributed by atoms with Crippen molar-refractivity contribution in [1.29, 1.82) is 0 Å². The van der Waals surface area contributed by atoms with E-state index in [2.05, 4.69) is 0 Å². The van der Waals surface area contributed by atoms with Crippen molar-refractivity contribution in [2.45, 2.75) is 89.9 Å². The van der Waals surface area contributed by atoms with Gasteiger partial charge in [0.25, 0.3) is 0 Å². The molecule has 0 aromatic carbocycles. The van der Waals surface area contributed by atoms with Crippen molar-refractivity contribution in [2.75, 3.05) is 13.1 Å². The second-order valence-corrected chi connectivity index (χ2v) is 9.71. The standard InChI is InChI=1S/C22H32N2O4/c25-17-13-21(7-3-1-4-8-21)14-18(26)23(17)11-12-24-19(27)15-22(16-20(24)28)9-5-2-6-10-22/h1-16H2. The van der Waals surface area contributed by atoms with Gasteiger partial charge in [0.2, 0.25) is 23.6 Å². The average Bonchev–Trinajstić information content (AvgIpc) is 2.64. The summed E-state index contributed by atoms with van der Waals surface area (Å²) in [6.07, 6.45) is 12.3. The van der Waals surface area contributed by atoms with E-state index >= 15 is 0 Å². The topological polar surface area (TPSA) is 74.8 Å². The zero-order chi connectivity index (χ0) is 19.8. The third kappa shape index (κ3) is 3.74. The van der Waals surface area contributed by atoms with E-state index in [9.17, 15) is 19.2 Å². The van der Waals surface area contributed by atoms with Gasteiger partial charge in [0.1, 0.15) is 0 Å². The van der Waals surface area contributed by atoms with E-state index in [1.54, 1.807) is 0 Å². The van der Waals surface area contributed by atoms with Crippen molar-refractivity contribution in [3.63, 3.8) is 0 Å². The summed E-state index contributed by atoms with van der Waals surface area (Å²) in [5.74, 6) is -0.504. The van der Waals surface area contributed by atoms with Crippen LogP contribution in [0.4, 0.5) is 0 Å². The Morgan fingerprint density at radius 1 is 0.500 bits per heavy atom. The van der Waals surface area contributed by atoms with Crippen LogP contribution in [0.25, 0.3) is 0 Å². The fraction of sp³-hybridized carbons (Fsp3) is 0.818. The number of piperidine rings is 2. The van der Waals surface area contributed by atoms with Gasteiger partial charge in [-0.15, -0.1) is 0 Å². The van der Waals surface area contributed by atoms with Crippen LogP contribution in [0.2, 0.25) is 0 Å². The number of carbonyl (C=O) groups is 4. The van der Waals surface area contributed by atoms with Crippen molar-refractivity contribution in [3.8, 4) is 0 Å². The lowest BCUT2D eigenvalue weighted by Gasteiger charge is -2.44. The molecule has 2 saturated carbocycles. The summed E-state index contributed by atoms with van der Waals surface area (Å²) in [4.78, 5) is 53.3. The molecule has 28 heavy (non-hydrogen) atoms. The minimum atomic E-state index is -0.132. The van der Waals surface area contributed by atoms with Crippen LogP contribution in [-0.4, -0.2) is 46.5 Å². The van der Waals surface area contributed by atoms with E-state index in [-0.39, 0.29) is 47.5 Å². The maximum Gasteiger partial charge on any atom is 0.229 e. The van der Waals surface area contributed by atoms with Crippen molar-refractivity contribution in [2.24, 2.45) is 10.8 Å². The minimum absolute atomic E-state index is 0.126. The Labute approximate surface area is 167 Å². The molecule has 2 saturated heterocycles. The van der Waals surface area contributed by atoms with Gasteiger partial charge in [-0.3, -0.25) is 29.0 Å². The molecule has 0 radical (unpaired) electrons. The highest BCUT2D eigenvalue weighted by molar-refractivity contribution is 6.00. The molecule has 4 aliphatic rings.